The van der Waals surface area contributed by atoms with Crippen LogP contribution in [-0.4, -0.2) is 100 Å². The number of aryl methyl sites for hydroxylation is 2. The number of aliphatic hydroxyl groups excluding tert-OH is 1. The van der Waals surface area contributed by atoms with Crippen molar-refractivity contribution in [1.82, 2.24) is 15.2 Å². The second-order valence-corrected chi connectivity index (χ2v) is 17.9. The number of nitrogens with zero attached hydrogens (tertiary/aromatic N) is 1. The maximum atomic E-state index is 13.8. The van der Waals surface area contributed by atoms with Gasteiger partial charge in [-0.15, -0.1) is 0 Å². The first-order valence-corrected chi connectivity index (χ1v) is 24.1. The SMILES string of the molecule is CCCc1c2c(cc3c1Oc1c4c5c(cc1=C3c1cc(C(=O)NCCOCCOCCNC[C@H](O)COc3cccc6ccccc36)ccc1C(=O)O)CCCC[N+]=5CCC4)CCCCN2. The molecule has 0 fully saturated rings. The summed E-state index contributed by atoms with van der Waals surface area (Å²) in [4.78, 5) is 27.0. The molecule has 1 amide bonds. The number of carbonyl (C=O) groups excluding carboxylic acids is 1. The number of fused-ring (bicyclic) bond motifs is 5. The van der Waals surface area contributed by atoms with Gasteiger partial charge in [0.05, 0.1) is 37.6 Å². The van der Waals surface area contributed by atoms with Crippen LogP contribution in [0, 0.1) is 0 Å². The fourth-order valence-electron chi connectivity index (χ4n) is 10.2. The highest BCUT2D eigenvalue weighted by Gasteiger charge is 2.34. The van der Waals surface area contributed by atoms with E-state index in [1.54, 1.807) is 18.2 Å². The van der Waals surface area contributed by atoms with Crippen molar-refractivity contribution in [3.63, 3.8) is 0 Å². The smallest absolute Gasteiger partial charge is 0.336 e. The van der Waals surface area contributed by atoms with Gasteiger partial charge >= 0.3 is 5.97 Å². The van der Waals surface area contributed by atoms with Crippen molar-refractivity contribution in [3.05, 3.63) is 128 Å². The molecule has 0 saturated carbocycles. The fourth-order valence-corrected chi connectivity index (χ4v) is 10.2. The van der Waals surface area contributed by atoms with Gasteiger partial charge in [0.2, 0.25) is 5.36 Å². The molecule has 4 aliphatic heterocycles. The van der Waals surface area contributed by atoms with Crippen LogP contribution in [0.3, 0.4) is 0 Å². The molecule has 0 unspecified atom stereocenters. The second kappa shape index (κ2) is 21.2. The van der Waals surface area contributed by atoms with E-state index in [2.05, 4.69) is 39.6 Å². The Morgan fingerprint density at radius 1 is 0.833 bits per heavy atom. The Labute approximate surface area is 386 Å². The molecule has 4 aliphatic rings. The largest absolute Gasteiger partial charge is 0.490 e. The van der Waals surface area contributed by atoms with Gasteiger partial charge in [-0.05, 0) is 97.9 Å². The summed E-state index contributed by atoms with van der Waals surface area (Å²) in [6.45, 7) is 8.02. The lowest BCUT2D eigenvalue weighted by Crippen LogP contribution is -2.41. The average Bonchev–Trinajstić information content (AvgIpc) is 3.71. The topological polar surface area (TPSA) is 151 Å². The number of anilines is 1. The third-order valence-electron chi connectivity index (χ3n) is 13.3. The molecule has 9 rings (SSSR count). The standard InChI is InChI=1S/C54H62N4O8/c1-2-11-42-49-36(13-5-7-21-56-49)30-45-48(46-31-37-14-6-8-24-58-25-10-17-43(50(37)58)52(46)66-51(42)45)44-32-38(19-20-41(44)54(61)62)53(60)57-23-27-64-29-28-63-26-22-55-33-39(59)34-65-47-18-9-15-35-12-3-4-16-40(35)47/h3-4,9,12,15-16,18-20,30-32,39,55,59H,2,5-8,10-11,13-14,17,21-29,33-34H2,1H3,(H2,57,60,61,62)/p+1/t39-/m0/s1. The highest BCUT2D eigenvalue weighted by molar-refractivity contribution is 6.02. The lowest BCUT2D eigenvalue weighted by atomic mass is 9.83. The number of ether oxygens (including phenoxy) is 4. The van der Waals surface area contributed by atoms with Gasteiger partial charge in [-0.2, -0.15) is 0 Å². The Balaban J connectivity index is 0.863. The summed E-state index contributed by atoms with van der Waals surface area (Å²) < 4.78 is 27.1. The Bertz CT molecular complexity index is 2730. The van der Waals surface area contributed by atoms with Gasteiger partial charge in [-0.25, -0.2) is 9.37 Å². The molecule has 4 heterocycles. The van der Waals surface area contributed by atoms with Gasteiger partial charge in [-0.1, -0.05) is 49.7 Å². The van der Waals surface area contributed by atoms with E-state index in [-0.39, 0.29) is 31.2 Å². The van der Waals surface area contributed by atoms with Crippen molar-refractivity contribution in [2.45, 2.75) is 77.2 Å². The number of hydrogen-bond acceptors (Lipinski definition) is 9. The molecule has 0 radical (unpaired) electrons. The van der Waals surface area contributed by atoms with Crippen LogP contribution in [-0.2, 0) is 35.2 Å². The summed E-state index contributed by atoms with van der Waals surface area (Å²) >= 11 is 0. The minimum atomic E-state index is -1.04. The Hall–Kier alpha value is -5.79. The van der Waals surface area contributed by atoms with Crippen LogP contribution >= 0.6 is 0 Å². The summed E-state index contributed by atoms with van der Waals surface area (Å²) in [5, 5.41) is 35.4. The third-order valence-corrected chi connectivity index (χ3v) is 13.3. The lowest BCUT2D eigenvalue weighted by Gasteiger charge is -2.29. The summed E-state index contributed by atoms with van der Waals surface area (Å²) in [6.07, 6.45) is 9.25. The van der Waals surface area contributed by atoms with Crippen molar-refractivity contribution >= 4 is 33.9 Å². The Morgan fingerprint density at radius 3 is 2.50 bits per heavy atom. The van der Waals surface area contributed by atoms with Crippen LogP contribution in [0.25, 0.3) is 16.3 Å². The molecule has 0 spiro atoms. The molecule has 0 saturated heterocycles. The number of aromatic carboxylic acids is 1. The van der Waals surface area contributed by atoms with Crippen molar-refractivity contribution in [1.29, 1.82) is 0 Å². The highest BCUT2D eigenvalue weighted by Crippen LogP contribution is 2.46. The molecule has 0 aromatic heterocycles. The van der Waals surface area contributed by atoms with Crippen LogP contribution < -0.4 is 40.6 Å². The van der Waals surface area contributed by atoms with Gasteiger partial charge in [0.25, 0.3) is 5.91 Å². The van der Waals surface area contributed by atoms with E-state index in [1.807, 2.05) is 42.5 Å². The molecule has 1 atom stereocenters. The first-order valence-electron chi connectivity index (χ1n) is 24.1. The first-order chi connectivity index (χ1) is 32.4. The molecule has 5 aromatic carbocycles. The lowest BCUT2D eigenvalue weighted by molar-refractivity contribution is 0.0475. The first kappa shape index (κ1) is 45.4. The monoisotopic (exact) mass is 895 g/mol. The maximum Gasteiger partial charge on any atom is 0.336 e. The number of amides is 1. The fraction of sp³-hybridized carbons (Fsp3) is 0.426. The Morgan fingerprint density at radius 2 is 1.64 bits per heavy atom. The van der Waals surface area contributed by atoms with E-state index in [0.29, 0.717) is 44.0 Å². The number of rotatable bonds is 19. The van der Waals surface area contributed by atoms with E-state index in [4.69, 9.17) is 18.9 Å². The molecule has 12 nitrogen and oxygen atoms in total. The van der Waals surface area contributed by atoms with Crippen molar-refractivity contribution in [2.24, 2.45) is 0 Å². The van der Waals surface area contributed by atoms with Crippen molar-refractivity contribution in [2.75, 3.05) is 77.6 Å². The average molecular weight is 896 g/mol. The number of carbonyl (C=O) groups is 2. The van der Waals surface area contributed by atoms with Crippen LogP contribution in [0.4, 0.5) is 5.69 Å². The van der Waals surface area contributed by atoms with Crippen molar-refractivity contribution < 1.29 is 38.7 Å². The Kier molecular flexibility index (Phi) is 14.6. The molecule has 5 N–H and O–H groups in total. The van der Waals surface area contributed by atoms with Crippen LogP contribution in [0.2, 0.25) is 0 Å². The van der Waals surface area contributed by atoms with Gasteiger partial charge in [0.1, 0.15) is 43.0 Å². The minimum absolute atomic E-state index is 0.149. The van der Waals surface area contributed by atoms with Crippen molar-refractivity contribution in [3.8, 4) is 17.2 Å². The minimum Gasteiger partial charge on any atom is -0.490 e. The van der Waals surface area contributed by atoms with Gasteiger partial charge in [0, 0.05) is 83.1 Å². The van der Waals surface area contributed by atoms with Crippen LogP contribution in [0.15, 0.2) is 72.8 Å². The molecular weight excluding hydrogens is 833 g/mol. The number of aliphatic hydroxyl groups is 1. The van der Waals surface area contributed by atoms with E-state index >= 15 is 0 Å². The van der Waals surface area contributed by atoms with Gasteiger partial charge in [-0.3, -0.25) is 4.79 Å². The predicted octanol–water partition coefficient (Wildman–Crippen LogP) is 6.16. The molecular formula is C54H63N4O8+. The zero-order chi connectivity index (χ0) is 45.4. The van der Waals surface area contributed by atoms with Gasteiger partial charge < -0.3 is 45.1 Å². The molecule has 66 heavy (non-hydrogen) atoms. The summed E-state index contributed by atoms with van der Waals surface area (Å²) in [5.41, 5.74) is 8.80. The van der Waals surface area contributed by atoms with E-state index in [0.717, 1.165) is 139 Å². The summed E-state index contributed by atoms with van der Waals surface area (Å²) in [6, 6.07) is 23.3. The molecule has 0 aliphatic carbocycles. The predicted molar refractivity (Wildman–Crippen MR) is 257 cm³/mol. The third kappa shape index (κ3) is 9.83. The number of benzene rings is 5. The molecule has 5 aromatic rings. The number of nitrogens with one attached hydrogen (secondary N) is 3. The molecule has 12 heteroatoms. The van der Waals surface area contributed by atoms with Crippen LogP contribution in [0.5, 0.6) is 17.2 Å². The van der Waals surface area contributed by atoms with E-state index < -0.39 is 12.1 Å². The van der Waals surface area contributed by atoms with E-state index in [9.17, 15) is 19.8 Å². The second-order valence-electron chi connectivity index (χ2n) is 17.9. The zero-order valence-electron chi connectivity index (χ0n) is 38.1. The molecule has 346 valence electrons. The summed E-state index contributed by atoms with van der Waals surface area (Å²) in [5.74, 6) is 1.03. The molecule has 0 bridgehead atoms. The normalized spacial score (nSPS) is 15.5. The van der Waals surface area contributed by atoms with E-state index in [1.165, 1.54) is 22.0 Å². The van der Waals surface area contributed by atoms with Crippen LogP contribution in [0.1, 0.15) is 99.5 Å². The number of hydrogen-bond donors (Lipinski definition) is 5. The zero-order valence-corrected chi connectivity index (χ0v) is 38.1. The summed E-state index contributed by atoms with van der Waals surface area (Å²) in [7, 11) is 0. The number of carboxylic acid groups (broad SMARTS) is 1. The van der Waals surface area contributed by atoms with Gasteiger partial charge in [0.15, 0.2) is 0 Å². The quantitative estimate of drug-likeness (QED) is 0.0473. The maximum absolute atomic E-state index is 13.8. The number of carboxylic acids is 1. The highest BCUT2D eigenvalue weighted by atomic mass is 16.5.